The first-order valence-electron chi connectivity index (χ1n) is 10.1. The van der Waals surface area contributed by atoms with Gasteiger partial charge in [0.15, 0.2) is 0 Å². The van der Waals surface area contributed by atoms with E-state index in [0.29, 0.717) is 24.8 Å². The Labute approximate surface area is 165 Å². The molecule has 2 heterocycles. The van der Waals surface area contributed by atoms with E-state index in [1.54, 1.807) is 13.0 Å². The van der Waals surface area contributed by atoms with Crippen LogP contribution in [0.15, 0.2) is 45.8 Å². The lowest BCUT2D eigenvalue weighted by atomic mass is 9.81. The fourth-order valence-corrected chi connectivity index (χ4v) is 4.31. The number of carbonyl (C=O) groups excluding carboxylic acids is 1. The summed E-state index contributed by atoms with van der Waals surface area (Å²) in [6, 6.07) is 9.95. The lowest BCUT2D eigenvalue weighted by molar-refractivity contribution is -0.121. The van der Waals surface area contributed by atoms with E-state index in [1.165, 1.54) is 17.4 Å². The van der Waals surface area contributed by atoms with Gasteiger partial charge < -0.3 is 9.15 Å². The molecule has 28 heavy (non-hydrogen) atoms. The zero-order valence-electron chi connectivity index (χ0n) is 16.4. The molecular weight excluding hydrogens is 354 g/mol. The number of ether oxygens (including phenoxy) is 1. The Morgan fingerprint density at radius 2 is 1.82 bits per heavy atom. The number of nitrogens with zero attached hydrogens (tertiary/aromatic N) is 1. The van der Waals surface area contributed by atoms with E-state index in [1.807, 2.05) is 0 Å². The van der Waals surface area contributed by atoms with Crippen LogP contribution in [-0.2, 0) is 24.4 Å². The number of carbonyl (C=O) groups is 1. The molecule has 0 bridgehead atoms. The number of hydrogen-bond donors (Lipinski definition) is 0. The zero-order chi connectivity index (χ0) is 19.5. The summed E-state index contributed by atoms with van der Waals surface area (Å²) in [6.07, 6.45) is 5.25. The summed E-state index contributed by atoms with van der Waals surface area (Å²) in [4.78, 5) is 26.1. The van der Waals surface area contributed by atoms with Crippen molar-refractivity contribution >= 4 is 5.78 Å². The van der Waals surface area contributed by atoms with Crippen LogP contribution in [0, 0.1) is 11.8 Å². The first kappa shape index (κ1) is 18.9. The number of fused-ring (bicyclic) bond motifs is 1. The second-order valence-electron chi connectivity index (χ2n) is 8.13. The van der Waals surface area contributed by atoms with Crippen molar-refractivity contribution in [3.8, 4) is 5.75 Å². The summed E-state index contributed by atoms with van der Waals surface area (Å²) in [5, 5.41) is 0. The van der Waals surface area contributed by atoms with Crippen molar-refractivity contribution in [3.05, 3.63) is 63.7 Å². The van der Waals surface area contributed by atoms with Gasteiger partial charge in [-0.25, -0.2) is 0 Å². The molecule has 0 saturated heterocycles. The molecule has 0 atom stereocenters. The van der Waals surface area contributed by atoms with Gasteiger partial charge in [0.1, 0.15) is 17.8 Å². The Hall–Kier alpha value is -2.40. The number of hydrogen-bond acceptors (Lipinski definition) is 5. The fourth-order valence-electron chi connectivity index (χ4n) is 4.31. The smallest absolute Gasteiger partial charge is 0.227 e. The van der Waals surface area contributed by atoms with E-state index in [2.05, 4.69) is 29.2 Å². The first-order valence-corrected chi connectivity index (χ1v) is 10.1. The highest BCUT2D eigenvalue weighted by Crippen LogP contribution is 2.29. The topological polar surface area (TPSA) is 59.8 Å². The highest BCUT2D eigenvalue weighted by molar-refractivity contribution is 5.78. The fraction of sp³-hybridized carbons (Fsp3) is 0.478. The van der Waals surface area contributed by atoms with E-state index in [-0.39, 0.29) is 22.9 Å². The summed E-state index contributed by atoms with van der Waals surface area (Å²) < 4.78 is 11.4. The lowest BCUT2D eigenvalue weighted by Crippen LogP contribution is -2.24. The van der Waals surface area contributed by atoms with Crippen LogP contribution in [0.3, 0.4) is 0 Å². The summed E-state index contributed by atoms with van der Waals surface area (Å²) in [5.74, 6) is 1.83. The van der Waals surface area contributed by atoms with Gasteiger partial charge in [-0.3, -0.25) is 14.5 Å². The lowest BCUT2D eigenvalue weighted by Gasteiger charge is -2.26. The molecule has 0 unspecified atom stereocenters. The van der Waals surface area contributed by atoms with Gasteiger partial charge in [-0.2, -0.15) is 0 Å². The zero-order valence-corrected chi connectivity index (χ0v) is 16.4. The van der Waals surface area contributed by atoms with Crippen molar-refractivity contribution in [3.63, 3.8) is 0 Å². The molecule has 0 radical (unpaired) electrons. The van der Waals surface area contributed by atoms with Crippen molar-refractivity contribution in [2.45, 2.75) is 52.2 Å². The number of Topliss-reactive ketones (excluding diaryl/α,β-unsaturated/α-hetero) is 1. The van der Waals surface area contributed by atoms with Crippen molar-refractivity contribution in [2.24, 2.45) is 11.8 Å². The van der Waals surface area contributed by atoms with Crippen molar-refractivity contribution in [1.82, 2.24) is 4.90 Å². The highest BCUT2D eigenvalue weighted by atomic mass is 16.5. The first-order chi connectivity index (χ1) is 13.6. The molecular formula is C23H27NO4. The molecule has 1 aromatic heterocycles. The largest absolute Gasteiger partial charge is 0.486 e. The minimum atomic E-state index is -0.129. The molecule has 1 aromatic carbocycles. The van der Waals surface area contributed by atoms with E-state index in [0.717, 1.165) is 38.8 Å². The quantitative estimate of drug-likeness (QED) is 0.759. The number of ketones is 1. The summed E-state index contributed by atoms with van der Waals surface area (Å²) in [6.45, 7) is 4.55. The third kappa shape index (κ3) is 4.36. The second kappa shape index (κ2) is 8.31. The summed E-state index contributed by atoms with van der Waals surface area (Å²) in [7, 11) is 0. The highest BCUT2D eigenvalue weighted by Gasteiger charge is 2.25. The van der Waals surface area contributed by atoms with Gasteiger partial charge in [-0.1, -0.05) is 24.3 Å². The molecule has 2 aliphatic rings. The average Bonchev–Trinajstić information content (AvgIpc) is 3.10. The number of rotatable bonds is 6. The Morgan fingerprint density at radius 1 is 1.14 bits per heavy atom. The van der Waals surface area contributed by atoms with E-state index >= 15 is 0 Å². The predicted molar refractivity (Wildman–Crippen MR) is 106 cm³/mol. The molecule has 2 aromatic rings. The van der Waals surface area contributed by atoms with Crippen LogP contribution < -0.4 is 10.2 Å². The summed E-state index contributed by atoms with van der Waals surface area (Å²) in [5.41, 5.74) is 2.55. The minimum Gasteiger partial charge on any atom is -0.486 e. The van der Waals surface area contributed by atoms with Crippen LogP contribution in [0.4, 0.5) is 0 Å². The monoisotopic (exact) mass is 381 g/mol. The molecule has 0 N–H and O–H groups in total. The molecule has 1 saturated carbocycles. The summed E-state index contributed by atoms with van der Waals surface area (Å²) >= 11 is 0. The van der Waals surface area contributed by atoms with Gasteiger partial charge >= 0.3 is 0 Å². The molecule has 5 nitrogen and oxygen atoms in total. The Kier molecular flexibility index (Phi) is 5.62. The Balaban J connectivity index is 1.29. The molecule has 4 rings (SSSR count). The minimum absolute atomic E-state index is 0.129. The van der Waals surface area contributed by atoms with Crippen LogP contribution in [0.1, 0.15) is 49.5 Å². The van der Waals surface area contributed by atoms with Crippen LogP contribution in [0.2, 0.25) is 0 Å². The molecule has 0 spiro atoms. The standard InChI is InChI=1S/C23H27NO4/c1-16(25)18-8-6-17(7-9-18)14-28-23-15-27-21(10-22(23)26)13-24-11-19-4-2-3-5-20(19)12-24/h2-5,10,15,17-18H,6-9,11-14H2,1H3/t17-,18-. The molecule has 1 aliphatic heterocycles. The maximum atomic E-state index is 12.4. The van der Waals surface area contributed by atoms with Gasteiger partial charge in [-0.05, 0) is 49.7 Å². The Morgan fingerprint density at radius 3 is 2.43 bits per heavy atom. The molecule has 148 valence electrons. The van der Waals surface area contributed by atoms with Gasteiger partial charge in [0.25, 0.3) is 0 Å². The van der Waals surface area contributed by atoms with Crippen LogP contribution >= 0.6 is 0 Å². The molecule has 0 amide bonds. The second-order valence-corrected chi connectivity index (χ2v) is 8.13. The predicted octanol–water partition coefficient (Wildman–Crippen LogP) is 3.93. The average molecular weight is 381 g/mol. The normalized spacial score (nSPS) is 22.0. The SMILES string of the molecule is CC(=O)[C@H]1CC[C@H](COc2coc(CN3Cc4ccccc4C3)cc2=O)CC1. The maximum absolute atomic E-state index is 12.4. The van der Waals surface area contributed by atoms with E-state index in [9.17, 15) is 9.59 Å². The molecule has 1 aliphatic carbocycles. The van der Waals surface area contributed by atoms with Crippen LogP contribution in [0.5, 0.6) is 5.75 Å². The van der Waals surface area contributed by atoms with Crippen LogP contribution in [-0.4, -0.2) is 17.3 Å². The van der Waals surface area contributed by atoms with Gasteiger partial charge in [0, 0.05) is 25.1 Å². The third-order valence-electron chi connectivity index (χ3n) is 6.03. The van der Waals surface area contributed by atoms with Crippen molar-refractivity contribution < 1.29 is 13.9 Å². The van der Waals surface area contributed by atoms with E-state index < -0.39 is 0 Å². The Bertz CT molecular complexity index is 870. The van der Waals surface area contributed by atoms with Crippen molar-refractivity contribution in [2.75, 3.05) is 6.61 Å². The molecule has 5 heteroatoms. The third-order valence-corrected chi connectivity index (χ3v) is 6.03. The number of benzene rings is 1. The van der Waals surface area contributed by atoms with Crippen molar-refractivity contribution in [1.29, 1.82) is 0 Å². The van der Waals surface area contributed by atoms with Gasteiger partial charge in [0.2, 0.25) is 11.2 Å². The van der Waals surface area contributed by atoms with E-state index in [4.69, 9.17) is 9.15 Å². The van der Waals surface area contributed by atoms with Gasteiger partial charge in [-0.15, -0.1) is 0 Å². The molecule has 1 fully saturated rings. The van der Waals surface area contributed by atoms with Crippen LogP contribution in [0.25, 0.3) is 0 Å². The maximum Gasteiger partial charge on any atom is 0.227 e. The van der Waals surface area contributed by atoms with Gasteiger partial charge in [0.05, 0.1) is 13.2 Å².